The lowest BCUT2D eigenvalue weighted by Crippen LogP contribution is -2.35. The number of nitrogens with zero attached hydrogens (tertiary/aromatic N) is 4. The smallest absolute Gasteiger partial charge is 0.209 e. The molecule has 0 radical (unpaired) electrons. The van der Waals surface area contributed by atoms with E-state index in [1.54, 1.807) is 30.5 Å². The third kappa shape index (κ3) is 3.65. The van der Waals surface area contributed by atoms with Gasteiger partial charge in [-0.2, -0.15) is 5.26 Å². The van der Waals surface area contributed by atoms with Crippen LogP contribution in [0.2, 0.25) is 0 Å². The first-order valence-corrected chi connectivity index (χ1v) is 4.56. The van der Waals surface area contributed by atoms with Gasteiger partial charge in [-0.15, -0.1) is 4.99 Å². The van der Waals surface area contributed by atoms with E-state index in [-0.39, 0.29) is 5.96 Å². The van der Waals surface area contributed by atoms with Crippen LogP contribution in [0.4, 0.5) is 0 Å². The van der Waals surface area contributed by atoms with Crippen LogP contribution in [0.5, 0.6) is 0 Å². The molecular weight excluding hydrogens is 190 g/mol. The maximum absolute atomic E-state index is 8.32. The Morgan fingerprint density at radius 3 is 2.87 bits per heavy atom. The minimum Gasteiger partial charge on any atom is -0.369 e. The van der Waals surface area contributed by atoms with Gasteiger partial charge in [0.25, 0.3) is 0 Å². The predicted molar refractivity (Wildman–Crippen MR) is 57.8 cm³/mol. The Hall–Kier alpha value is -2.09. The van der Waals surface area contributed by atoms with Crippen LogP contribution >= 0.6 is 0 Å². The minimum absolute atomic E-state index is 0.242. The molecule has 0 unspecified atom stereocenters. The molecule has 1 heterocycles. The highest BCUT2D eigenvalue weighted by Crippen LogP contribution is 1.98. The number of pyridine rings is 1. The Kier molecular flexibility index (Phi) is 4.10. The van der Waals surface area contributed by atoms with Crippen molar-refractivity contribution in [1.82, 2.24) is 9.88 Å². The first-order chi connectivity index (χ1) is 7.24. The van der Waals surface area contributed by atoms with Gasteiger partial charge in [-0.05, 0) is 24.1 Å². The number of nitriles is 1. The van der Waals surface area contributed by atoms with E-state index < -0.39 is 0 Å². The molecule has 0 fully saturated rings. The van der Waals surface area contributed by atoms with Crippen LogP contribution in [0.15, 0.2) is 29.5 Å². The Labute approximate surface area is 88.9 Å². The van der Waals surface area contributed by atoms with Gasteiger partial charge in [-0.25, -0.2) is 0 Å². The fourth-order valence-corrected chi connectivity index (χ4v) is 1.10. The SMILES string of the molecule is CN(CCc1ccncc1)C(N)=NC#N. The number of hydrogen-bond donors (Lipinski definition) is 1. The largest absolute Gasteiger partial charge is 0.369 e. The molecule has 15 heavy (non-hydrogen) atoms. The summed E-state index contributed by atoms with van der Waals surface area (Å²) in [7, 11) is 1.80. The average Bonchev–Trinajstić information content (AvgIpc) is 2.27. The molecule has 0 aliphatic heterocycles. The van der Waals surface area contributed by atoms with Gasteiger partial charge in [0.05, 0.1) is 0 Å². The molecule has 1 aromatic rings. The Balaban J connectivity index is 2.45. The molecule has 5 nitrogen and oxygen atoms in total. The fraction of sp³-hybridized carbons (Fsp3) is 0.300. The Bertz CT molecular complexity index is 365. The molecule has 0 spiro atoms. The third-order valence-corrected chi connectivity index (χ3v) is 2.04. The monoisotopic (exact) mass is 203 g/mol. The van der Waals surface area contributed by atoms with E-state index in [1.165, 1.54) is 5.56 Å². The van der Waals surface area contributed by atoms with Gasteiger partial charge >= 0.3 is 0 Å². The van der Waals surface area contributed by atoms with E-state index >= 15 is 0 Å². The highest BCUT2D eigenvalue weighted by molar-refractivity contribution is 5.78. The molecule has 0 atom stereocenters. The molecule has 1 rings (SSSR count). The van der Waals surface area contributed by atoms with Gasteiger partial charge in [0.15, 0.2) is 0 Å². The van der Waals surface area contributed by atoms with Gasteiger partial charge in [0.1, 0.15) is 0 Å². The van der Waals surface area contributed by atoms with Crippen LogP contribution in [-0.4, -0.2) is 29.4 Å². The number of aliphatic imine (C=N–C) groups is 1. The summed E-state index contributed by atoms with van der Waals surface area (Å²) in [4.78, 5) is 9.12. The summed E-state index contributed by atoms with van der Waals surface area (Å²) in [5.41, 5.74) is 6.72. The molecule has 0 bridgehead atoms. The molecule has 0 aliphatic rings. The van der Waals surface area contributed by atoms with Crippen LogP contribution in [0.1, 0.15) is 5.56 Å². The second-order valence-electron chi connectivity index (χ2n) is 3.10. The van der Waals surface area contributed by atoms with E-state index in [9.17, 15) is 0 Å². The average molecular weight is 203 g/mol. The minimum atomic E-state index is 0.242. The Morgan fingerprint density at radius 1 is 1.60 bits per heavy atom. The zero-order valence-electron chi connectivity index (χ0n) is 8.59. The molecule has 78 valence electrons. The standard InChI is InChI=1S/C10H13N5/c1-15(10(12)14-8-11)7-4-9-2-5-13-6-3-9/h2-3,5-6H,4,7H2,1H3,(H2,12,14). The van der Waals surface area contributed by atoms with Crippen LogP contribution in [0.3, 0.4) is 0 Å². The molecule has 0 saturated heterocycles. The van der Waals surface area contributed by atoms with E-state index in [0.29, 0.717) is 0 Å². The number of rotatable bonds is 3. The number of nitrogens with two attached hydrogens (primary N) is 1. The van der Waals surface area contributed by atoms with Gasteiger partial charge in [0, 0.05) is 26.0 Å². The molecule has 0 aromatic carbocycles. The second-order valence-corrected chi connectivity index (χ2v) is 3.10. The molecule has 0 saturated carbocycles. The number of aromatic nitrogens is 1. The fourth-order valence-electron chi connectivity index (χ4n) is 1.10. The van der Waals surface area contributed by atoms with Crippen LogP contribution in [-0.2, 0) is 6.42 Å². The van der Waals surface area contributed by atoms with Crippen molar-refractivity contribution in [1.29, 1.82) is 5.26 Å². The summed E-state index contributed by atoms with van der Waals surface area (Å²) < 4.78 is 0. The lowest BCUT2D eigenvalue weighted by Gasteiger charge is -2.16. The Morgan fingerprint density at radius 2 is 2.27 bits per heavy atom. The number of likely N-dealkylation sites (N-methyl/N-ethyl adjacent to an activating group) is 1. The van der Waals surface area contributed by atoms with Crippen molar-refractivity contribution in [2.24, 2.45) is 10.7 Å². The topological polar surface area (TPSA) is 78.3 Å². The maximum Gasteiger partial charge on any atom is 0.209 e. The molecule has 1 aromatic heterocycles. The molecule has 0 amide bonds. The second kappa shape index (κ2) is 5.60. The summed E-state index contributed by atoms with van der Waals surface area (Å²) in [6.45, 7) is 0.723. The summed E-state index contributed by atoms with van der Waals surface area (Å²) in [5.74, 6) is 0.242. The van der Waals surface area contributed by atoms with Gasteiger partial charge in [-0.3, -0.25) is 4.98 Å². The summed E-state index contributed by atoms with van der Waals surface area (Å²) in [6, 6.07) is 3.90. The molecule has 0 aliphatic carbocycles. The lowest BCUT2D eigenvalue weighted by molar-refractivity contribution is 0.503. The van der Waals surface area contributed by atoms with Crippen molar-refractivity contribution in [2.75, 3.05) is 13.6 Å². The number of guanidine groups is 1. The summed E-state index contributed by atoms with van der Waals surface area (Å²) in [5, 5.41) is 8.32. The lowest BCUT2D eigenvalue weighted by atomic mass is 10.2. The predicted octanol–water partition coefficient (Wildman–Crippen LogP) is 0.352. The highest BCUT2D eigenvalue weighted by atomic mass is 15.2. The molecule has 2 N–H and O–H groups in total. The van der Waals surface area contributed by atoms with E-state index in [0.717, 1.165) is 13.0 Å². The van der Waals surface area contributed by atoms with E-state index in [4.69, 9.17) is 11.0 Å². The first-order valence-electron chi connectivity index (χ1n) is 4.56. The van der Waals surface area contributed by atoms with E-state index in [1.807, 2.05) is 12.1 Å². The summed E-state index contributed by atoms with van der Waals surface area (Å²) >= 11 is 0. The van der Waals surface area contributed by atoms with Gasteiger partial charge in [-0.1, -0.05) is 0 Å². The van der Waals surface area contributed by atoms with Crippen molar-refractivity contribution >= 4 is 5.96 Å². The van der Waals surface area contributed by atoms with Crippen LogP contribution in [0, 0.1) is 11.5 Å². The third-order valence-electron chi connectivity index (χ3n) is 2.04. The zero-order valence-corrected chi connectivity index (χ0v) is 8.59. The molecule has 5 heteroatoms. The quantitative estimate of drug-likeness (QED) is 0.437. The maximum atomic E-state index is 8.32. The normalized spacial score (nSPS) is 10.8. The van der Waals surface area contributed by atoms with Gasteiger partial charge in [0.2, 0.25) is 12.2 Å². The zero-order chi connectivity index (χ0) is 11.1. The van der Waals surface area contributed by atoms with Crippen molar-refractivity contribution in [3.05, 3.63) is 30.1 Å². The van der Waals surface area contributed by atoms with Crippen molar-refractivity contribution in [3.63, 3.8) is 0 Å². The van der Waals surface area contributed by atoms with Crippen molar-refractivity contribution in [3.8, 4) is 6.19 Å². The first kappa shape index (κ1) is 11.0. The van der Waals surface area contributed by atoms with Gasteiger partial charge < -0.3 is 10.6 Å². The van der Waals surface area contributed by atoms with Crippen molar-refractivity contribution in [2.45, 2.75) is 6.42 Å². The summed E-state index contributed by atoms with van der Waals surface area (Å²) in [6.07, 6.45) is 6.01. The van der Waals surface area contributed by atoms with Crippen LogP contribution < -0.4 is 5.73 Å². The molecular formula is C10H13N5. The van der Waals surface area contributed by atoms with E-state index in [2.05, 4.69) is 9.98 Å². The highest BCUT2D eigenvalue weighted by Gasteiger charge is 2.01. The van der Waals surface area contributed by atoms with Crippen LogP contribution in [0.25, 0.3) is 0 Å². The number of hydrogen-bond acceptors (Lipinski definition) is 3. The van der Waals surface area contributed by atoms with Crippen molar-refractivity contribution < 1.29 is 0 Å².